The van der Waals surface area contributed by atoms with E-state index in [-0.39, 0.29) is 23.4 Å². The summed E-state index contributed by atoms with van der Waals surface area (Å²) in [4.78, 5) is 2.03. The summed E-state index contributed by atoms with van der Waals surface area (Å²) in [6, 6.07) is 5.07. The predicted octanol–water partition coefficient (Wildman–Crippen LogP) is 1.98. The maximum atomic E-state index is 13.5. The summed E-state index contributed by atoms with van der Waals surface area (Å²) in [5, 5.41) is 7.26. The van der Waals surface area contributed by atoms with E-state index in [2.05, 4.69) is 0 Å². The highest BCUT2D eigenvalue weighted by Gasteiger charge is 2.12. The van der Waals surface area contributed by atoms with Gasteiger partial charge in [0.1, 0.15) is 0 Å². The first kappa shape index (κ1) is 14.4. The predicted molar refractivity (Wildman–Crippen MR) is 70.4 cm³/mol. The molecule has 0 aliphatic rings. The quantitative estimate of drug-likeness (QED) is 0.602. The molecule has 0 heterocycles. The van der Waals surface area contributed by atoms with E-state index in [1.165, 1.54) is 13.2 Å². The van der Waals surface area contributed by atoms with Crippen molar-refractivity contribution < 1.29 is 9.13 Å². The molecule has 1 unspecified atom stereocenters. The van der Waals surface area contributed by atoms with Gasteiger partial charge in [0.15, 0.2) is 11.6 Å². The van der Waals surface area contributed by atoms with Crippen molar-refractivity contribution in [2.24, 2.45) is 5.73 Å². The molecule has 0 radical (unpaired) electrons. The number of nitrogens with one attached hydrogen (secondary N) is 1. The Morgan fingerprint density at radius 1 is 1.56 bits per heavy atom. The van der Waals surface area contributed by atoms with Gasteiger partial charge in [0.2, 0.25) is 0 Å². The smallest absolute Gasteiger partial charge is 0.165 e. The van der Waals surface area contributed by atoms with Gasteiger partial charge >= 0.3 is 0 Å². The Morgan fingerprint density at radius 2 is 2.22 bits per heavy atom. The second-order valence-electron chi connectivity index (χ2n) is 4.46. The molecule has 0 saturated carbocycles. The molecule has 100 valence electrons. The van der Waals surface area contributed by atoms with E-state index in [0.29, 0.717) is 13.0 Å². The molecule has 0 aliphatic heterocycles. The van der Waals surface area contributed by atoms with Crippen LogP contribution in [0.2, 0.25) is 0 Å². The lowest BCUT2D eigenvalue weighted by Crippen LogP contribution is -2.32. The number of halogens is 1. The highest BCUT2D eigenvalue weighted by Crippen LogP contribution is 2.19. The molecule has 5 heteroatoms. The van der Waals surface area contributed by atoms with Gasteiger partial charge in [0, 0.05) is 19.0 Å². The van der Waals surface area contributed by atoms with Crippen molar-refractivity contribution >= 4 is 5.84 Å². The van der Waals surface area contributed by atoms with Crippen molar-refractivity contribution in [3.05, 3.63) is 29.6 Å². The van der Waals surface area contributed by atoms with Gasteiger partial charge in [-0.3, -0.25) is 10.3 Å². The van der Waals surface area contributed by atoms with Crippen LogP contribution < -0.4 is 10.5 Å². The summed E-state index contributed by atoms with van der Waals surface area (Å²) in [5.74, 6) is 0.0519. The molecule has 0 spiro atoms. The number of methoxy groups -OCH3 is 1. The fourth-order valence-corrected chi connectivity index (χ4v) is 1.73. The fraction of sp³-hybridized carbons (Fsp3) is 0.462. The Morgan fingerprint density at radius 3 is 2.72 bits per heavy atom. The van der Waals surface area contributed by atoms with Crippen LogP contribution in [0, 0.1) is 11.2 Å². The minimum Gasteiger partial charge on any atom is -0.494 e. The number of rotatable bonds is 6. The van der Waals surface area contributed by atoms with Gasteiger partial charge in [0.25, 0.3) is 0 Å². The van der Waals surface area contributed by atoms with E-state index in [1.807, 2.05) is 24.9 Å². The van der Waals surface area contributed by atoms with Crippen LogP contribution in [0.15, 0.2) is 18.2 Å². The number of hydrogen-bond donors (Lipinski definition) is 2. The van der Waals surface area contributed by atoms with Crippen LogP contribution >= 0.6 is 0 Å². The second kappa shape index (κ2) is 6.35. The molecule has 1 rings (SSSR count). The van der Waals surface area contributed by atoms with Crippen molar-refractivity contribution in [1.29, 1.82) is 5.41 Å². The van der Waals surface area contributed by atoms with Crippen LogP contribution in [0.1, 0.15) is 18.9 Å². The number of ether oxygens (including phenoxy) is 1. The second-order valence-corrected chi connectivity index (χ2v) is 4.46. The lowest BCUT2D eigenvalue weighted by atomic mass is 10.1. The standard InChI is InChI=1S/C13H20FN3O/c1-9(6-13(15)16)17(2)8-10-4-5-12(18-3)11(14)7-10/h4-5,7,9H,6,8H2,1-3H3,(H3,15,16). The molecule has 0 amide bonds. The third kappa shape index (κ3) is 4.00. The van der Waals surface area contributed by atoms with Crippen molar-refractivity contribution in [2.45, 2.75) is 25.9 Å². The monoisotopic (exact) mass is 253 g/mol. The van der Waals surface area contributed by atoms with Gasteiger partial charge in [-0.1, -0.05) is 6.07 Å². The molecular formula is C13H20FN3O. The summed E-state index contributed by atoms with van der Waals surface area (Å²) >= 11 is 0. The number of nitrogens with zero attached hydrogens (tertiary/aromatic N) is 1. The highest BCUT2D eigenvalue weighted by molar-refractivity contribution is 5.77. The largest absolute Gasteiger partial charge is 0.494 e. The molecule has 0 aromatic heterocycles. The van der Waals surface area contributed by atoms with Gasteiger partial charge in [-0.15, -0.1) is 0 Å². The first-order chi connectivity index (χ1) is 8.43. The summed E-state index contributed by atoms with van der Waals surface area (Å²) in [7, 11) is 3.37. The molecule has 1 aromatic rings. The minimum absolute atomic E-state index is 0.146. The first-order valence-corrected chi connectivity index (χ1v) is 5.79. The average molecular weight is 253 g/mol. The van der Waals surface area contributed by atoms with E-state index >= 15 is 0 Å². The maximum Gasteiger partial charge on any atom is 0.165 e. The number of benzene rings is 1. The molecule has 0 fully saturated rings. The molecule has 3 N–H and O–H groups in total. The van der Waals surface area contributed by atoms with E-state index in [0.717, 1.165) is 5.56 Å². The van der Waals surface area contributed by atoms with Crippen LogP contribution in [-0.2, 0) is 6.54 Å². The third-order valence-electron chi connectivity index (χ3n) is 2.92. The molecule has 0 aliphatic carbocycles. The summed E-state index contributed by atoms with van der Waals surface area (Å²) in [6.07, 6.45) is 0.509. The van der Waals surface area contributed by atoms with Gasteiger partial charge in [0.05, 0.1) is 12.9 Å². The molecule has 18 heavy (non-hydrogen) atoms. The average Bonchev–Trinajstić information content (AvgIpc) is 2.28. The first-order valence-electron chi connectivity index (χ1n) is 5.79. The lowest BCUT2D eigenvalue weighted by Gasteiger charge is -2.24. The Kier molecular flexibility index (Phi) is 5.09. The van der Waals surface area contributed by atoms with Gasteiger partial charge in [-0.25, -0.2) is 4.39 Å². The van der Waals surface area contributed by atoms with Crippen LogP contribution in [0.5, 0.6) is 5.75 Å². The molecule has 4 nitrogen and oxygen atoms in total. The van der Waals surface area contributed by atoms with Gasteiger partial charge in [-0.2, -0.15) is 0 Å². The zero-order chi connectivity index (χ0) is 13.7. The number of amidine groups is 1. The molecule has 1 aromatic carbocycles. The highest BCUT2D eigenvalue weighted by atomic mass is 19.1. The third-order valence-corrected chi connectivity index (χ3v) is 2.92. The Hall–Kier alpha value is -1.62. The topological polar surface area (TPSA) is 62.3 Å². The number of nitrogens with two attached hydrogens (primary N) is 1. The fourth-order valence-electron chi connectivity index (χ4n) is 1.73. The summed E-state index contributed by atoms with van der Waals surface area (Å²) in [5.41, 5.74) is 6.23. The van der Waals surface area contributed by atoms with Crippen LogP contribution in [0.25, 0.3) is 0 Å². The number of hydrogen-bond acceptors (Lipinski definition) is 3. The summed E-state index contributed by atoms with van der Waals surface area (Å²) in [6.45, 7) is 2.59. The van der Waals surface area contributed by atoms with E-state index in [1.54, 1.807) is 6.07 Å². The molecule has 0 bridgehead atoms. The van der Waals surface area contributed by atoms with Gasteiger partial charge < -0.3 is 10.5 Å². The lowest BCUT2D eigenvalue weighted by molar-refractivity contribution is 0.254. The van der Waals surface area contributed by atoms with Crippen LogP contribution in [-0.4, -0.2) is 30.9 Å². The van der Waals surface area contributed by atoms with Crippen LogP contribution in [0.4, 0.5) is 4.39 Å². The maximum absolute atomic E-state index is 13.5. The van der Waals surface area contributed by atoms with Crippen LogP contribution in [0.3, 0.4) is 0 Å². The van der Waals surface area contributed by atoms with Crippen molar-refractivity contribution in [2.75, 3.05) is 14.2 Å². The van der Waals surface area contributed by atoms with Crippen molar-refractivity contribution in [3.63, 3.8) is 0 Å². The van der Waals surface area contributed by atoms with E-state index < -0.39 is 0 Å². The minimum atomic E-state index is -0.359. The van der Waals surface area contributed by atoms with Crippen molar-refractivity contribution in [3.8, 4) is 5.75 Å². The zero-order valence-corrected chi connectivity index (χ0v) is 11.0. The zero-order valence-electron chi connectivity index (χ0n) is 11.0. The Bertz CT molecular complexity index is 423. The SMILES string of the molecule is COc1ccc(CN(C)C(C)CC(=N)N)cc1F. The Labute approximate surface area is 107 Å². The van der Waals surface area contributed by atoms with E-state index in [9.17, 15) is 4.39 Å². The van der Waals surface area contributed by atoms with Gasteiger partial charge in [-0.05, 0) is 31.7 Å². The normalized spacial score (nSPS) is 12.5. The summed E-state index contributed by atoms with van der Waals surface area (Å²) < 4.78 is 18.4. The Balaban J connectivity index is 2.67. The van der Waals surface area contributed by atoms with Crippen molar-refractivity contribution in [1.82, 2.24) is 4.90 Å². The molecule has 0 saturated heterocycles. The molecular weight excluding hydrogens is 233 g/mol. The van der Waals surface area contributed by atoms with E-state index in [4.69, 9.17) is 15.9 Å². The molecule has 1 atom stereocenters.